The Bertz CT molecular complexity index is 915. The quantitative estimate of drug-likeness (QED) is 0.350. The zero-order chi connectivity index (χ0) is 21.6. The first-order valence-electron chi connectivity index (χ1n) is 11.3. The molecule has 2 aliphatic rings. The predicted molar refractivity (Wildman–Crippen MR) is 128 cm³/mol. The van der Waals surface area contributed by atoms with Crippen molar-refractivity contribution in [3.05, 3.63) is 35.4 Å². The van der Waals surface area contributed by atoms with E-state index in [0.717, 1.165) is 37.4 Å². The van der Waals surface area contributed by atoms with E-state index in [1.54, 1.807) is 11.8 Å². The van der Waals surface area contributed by atoms with Crippen LogP contribution in [0, 0.1) is 0 Å². The van der Waals surface area contributed by atoms with Crippen LogP contribution in [-0.4, -0.2) is 52.7 Å². The second-order valence-electron chi connectivity index (χ2n) is 8.31. The van der Waals surface area contributed by atoms with Gasteiger partial charge in [-0.05, 0) is 49.9 Å². The summed E-state index contributed by atoms with van der Waals surface area (Å²) in [5.41, 5.74) is 9.35. The van der Waals surface area contributed by atoms with Gasteiger partial charge in [0, 0.05) is 18.8 Å². The monoisotopic (exact) mass is 440 g/mol. The average molecular weight is 441 g/mol. The molecule has 2 aromatic rings. The molecule has 0 bridgehead atoms. The minimum atomic E-state index is -0.0722. The Kier molecular flexibility index (Phi) is 7.29. The van der Waals surface area contributed by atoms with Gasteiger partial charge in [0.05, 0.1) is 6.54 Å². The summed E-state index contributed by atoms with van der Waals surface area (Å²) in [5.74, 6) is 1.97. The number of hydrogen-bond acceptors (Lipinski definition) is 7. The van der Waals surface area contributed by atoms with Crippen LogP contribution >= 0.6 is 11.8 Å². The summed E-state index contributed by atoms with van der Waals surface area (Å²) in [6.45, 7) is 6.58. The number of benzene rings is 1. The molecular weight excluding hydrogens is 408 g/mol. The van der Waals surface area contributed by atoms with Crippen molar-refractivity contribution in [1.29, 1.82) is 0 Å². The largest absolute Gasteiger partial charge is 0.382 e. The van der Waals surface area contributed by atoms with Gasteiger partial charge >= 0.3 is 0 Å². The van der Waals surface area contributed by atoms with Crippen LogP contribution < -0.4 is 16.0 Å². The van der Waals surface area contributed by atoms with Crippen LogP contribution in [-0.2, 0) is 17.8 Å². The summed E-state index contributed by atoms with van der Waals surface area (Å²) in [7, 11) is 0. The molecule has 2 aliphatic heterocycles. The minimum Gasteiger partial charge on any atom is -0.382 e. The number of amides is 1. The Morgan fingerprint density at radius 2 is 2.00 bits per heavy atom. The third kappa shape index (κ3) is 5.68. The van der Waals surface area contributed by atoms with Crippen molar-refractivity contribution in [2.45, 2.75) is 50.7 Å². The number of nitrogens with one attached hydrogen (secondary N) is 1. The van der Waals surface area contributed by atoms with E-state index >= 15 is 0 Å². The van der Waals surface area contributed by atoms with E-state index in [4.69, 9.17) is 10.7 Å². The van der Waals surface area contributed by atoms with E-state index in [0.29, 0.717) is 23.2 Å². The fourth-order valence-electron chi connectivity index (χ4n) is 4.12. The molecule has 0 atom stereocenters. The van der Waals surface area contributed by atoms with Crippen LogP contribution in [0.4, 0.5) is 17.3 Å². The van der Waals surface area contributed by atoms with Crippen molar-refractivity contribution in [2.24, 2.45) is 0 Å². The van der Waals surface area contributed by atoms with E-state index in [1.165, 1.54) is 37.1 Å². The number of anilines is 3. The highest BCUT2D eigenvalue weighted by atomic mass is 32.2. The topological polar surface area (TPSA) is 87.4 Å². The molecule has 3 heterocycles. The van der Waals surface area contributed by atoms with Crippen molar-refractivity contribution in [2.75, 3.05) is 47.9 Å². The summed E-state index contributed by atoms with van der Waals surface area (Å²) >= 11 is 1.62. The molecule has 7 nitrogen and oxygen atoms in total. The Labute approximate surface area is 188 Å². The Morgan fingerprint density at radius 1 is 1.19 bits per heavy atom. The molecule has 1 amide bonds. The highest BCUT2D eigenvalue weighted by Crippen LogP contribution is 2.34. The molecule has 1 saturated heterocycles. The number of fused-ring (bicyclic) bond motifs is 1. The van der Waals surface area contributed by atoms with Gasteiger partial charge in [-0.15, -0.1) is 0 Å². The summed E-state index contributed by atoms with van der Waals surface area (Å²) in [5, 5.41) is 3.53. The second-order valence-corrected chi connectivity index (χ2v) is 9.38. The maximum atomic E-state index is 12.3. The number of thioether (sulfide) groups is 1. The predicted octanol–water partition coefficient (Wildman–Crippen LogP) is 3.55. The first-order chi connectivity index (χ1) is 15.1. The fraction of sp³-hybridized carbons (Fsp3) is 0.522. The molecule has 1 aromatic heterocycles. The Hall–Kier alpha value is -2.32. The highest BCUT2D eigenvalue weighted by Gasteiger charge is 2.27. The van der Waals surface area contributed by atoms with E-state index in [-0.39, 0.29) is 12.5 Å². The standard InChI is InChI=1S/C23H32N6OS/c1-2-3-13-31-23-26-21(24)20-22(27-23)29(16-19(30)25-20)12-9-17-7-6-8-18(14-17)15-28-10-4-5-11-28/h6-8,14H,2-5,9-13,15-16H2,1H3,(H,25,30)(H2,24,26,27). The van der Waals surface area contributed by atoms with Crippen molar-refractivity contribution in [3.63, 3.8) is 0 Å². The van der Waals surface area contributed by atoms with Crippen LogP contribution in [0.5, 0.6) is 0 Å². The molecule has 0 saturated carbocycles. The van der Waals surface area contributed by atoms with Gasteiger partial charge in [-0.1, -0.05) is 49.4 Å². The number of unbranched alkanes of at least 4 members (excludes halogenated alkanes) is 1. The lowest BCUT2D eigenvalue weighted by molar-refractivity contribution is -0.115. The average Bonchev–Trinajstić information content (AvgIpc) is 3.26. The zero-order valence-corrected chi connectivity index (χ0v) is 19.1. The number of carbonyl (C=O) groups is 1. The molecule has 1 aromatic carbocycles. The maximum Gasteiger partial charge on any atom is 0.244 e. The van der Waals surface area contributed by atoms with Gasteiger partial charge in [0.15, 0.2) is 16.8 Å². The van der Waals surface area contributed by atoms with Crippen molar-refractivity contribution in [1.82, 2.24) is 14.9 Å². The van der Waals surface area contributed by atoms with Gasteiger partial charge in [-0.2, -0.15) is 0 Å². The molecule has 0 unspecified atom stereocenters. The maximum absolute atomic E-state index is 12.3. The number of nitrogen functional groups attached to an aromatic ring is 1. The smallest absolute Gasteiger partial charge is 0.244 e. The molecule has 3 N–H and O–H groups in total. The van der Waals surface area contributed by atoms with Gasteiger partial charge < -0.3 is 16.0 Å². The first-order valence-corrected chi connectivity index (χ1v) is 12.3. The molecule has 0 spiro atoms. The van der Waals surface area contributed by atoms with Crippen LogP contribution in [0.1, 0.15) is 43.7 Å². The molecule has 8 heteroatoms. The third-order valence-electron chi connectivity index (χ3n) is 5.79. The normalized spacial score (nSPS) is 16.4. The van der Waals surface area contributed by atoms with Gasteiger partial charge in [-0.3, -0.25) is 9.69 Å². The van der Waals surface area contributed by atoms with Crippen LogP contribution in [0.3, 0.4) is 0 Å². The number of nitrogens with two attached hydrogens (primary N) is 1. The summed E-state index contributed by atoms with van der Waals surface area (Å²) in [4.78, 5) is 25.9. The number of aromatic nitrogens is 2. The Morgan fingerprint density at radius 3 is 2.81 bits per heavy atom. The lowest BCUT2D eigenvalue weighted by atomic mass is 10.1. The minimum absolute atomic E-state index is 0.0722. The van der Waals surface area contributed by atoms with Gasteiger partial charge in [-0.25, -0.2) is 9.97 Å². The molecule has 1 fully saturated rings. The molecule has 4 rings (SSSR count). The zero-order valence-electron chi connectivity index (χ0n) is 18.3. The summed E-state index contributed by atoms with van der Waals surface area (Å²) < 4.78 is 0. The fourth-order valence-corrected chi connectivity index (χ4v) is 5.05. The molecule has 0 radical (unpaired) electrons. The second kappa shape index (κ2) is 10.3. The number of carbonyl (C=O) groups excluding carboxylic acids is 1. The molecule has 166 valence electrons. The van der Waals surface area contributed by atoms with Crippen LogP contribution in [0.2, 0.25) is 0 Å². The van der Waals surface area contributed by atoms with E-state index < -0.39 is 0 Å². The number of hydrogen-bond donors (Lipinski definition) is 2. The molecule has 0 aliphatic carbocycles. The van der Waals surface area contributed by atoms with E-state index in [1.807, 2.05) is 4.90 Å². The number of likely N-dealkylation sites (tertiary alicyclic amines) is 1. The SMILES string of the molecule is CCCCSc1nc(N)c2c(n1)N(CCc1cccc(CN3CCCC3)c1)CC(=O)N2. The third-order valence-corrected chi connectivity index (χ3v) is 6.73. The lowest BCUT2D eigenvalue weighted by Crippen LogP contribution is -2.40. The Balaban J connectivity index is 1.46. The van der Waals surface area contributed by atoms with Crippen molar-refractivity contribution < 1.29 is 4.79 Å². The molecule has 31 heavy (non-hydrogen) atoms. The highest BCUT2D eigenvalue weighted by molar-refractivity contribution is 7.99. The van der Waals surface area contributed by atoms with Crippen molar-refractivity contribution >= 4 is 35.0 Å². The van der Waals surface area contributed by atoms with E-state index in [2.05, 4.69) is 46.4 Å². The summed E-state index contributed by atoms with van der Waals surface area (Å²) in [6.07, 6.45) is 5.70. The molecular formula is C23H32N6OS. The van der Waals surface area contributed by atoms with Gasteiger partial charge in [0.1, 0.15) is 5.69 Å². The summed E-state index contributed by atoms with van der Waals surface area (Å²) in [6, 6.07) is 8.81. The lowest BCUT2D eigenvalue weighted by Gasteiger charge is -2.30. The van der Waals surface area contributed by atoms with Gasteiger partial charge in [0.25, 0.3) is 0 Å². The number of rotatable bonds is 9. The van der Waals surface area contributed by atoms with Crippen molar-refractivity contribution in [3.8, 4) is 0 Å². The van der Waals surface area contributed by atoms with Crippen LogP contribution in [0.25, 0.3) is 0 Å². The number of nitrogens with zero attached hydrogens (tertiary/aromatic N) is 4. The van der Waals surface area contributed by atoms with E-state index in [9.17, 15) is 4.79 Å². The van der Waals surface area contributed by atoms with Crippen LogP contribution in [0.15, 0.2) is 29.4 Å². The van der Waals surface area contributed by atoms with Gasteiger partial charge in [0.2, 0.25) is 5.91 Å². The first kappa shape index (κ1) is 21.9.